The Bertz CT molecular complexity index is 1230. The number of hydrogen-bond acceptors (Lipinski definition) is 5. The van der Waals surface area contributed by atoms with E-state index in [1.165, 1.54) is 23.0 Å². The number of carbonyl (C=O) groups excluding carboxylic acids is 1. The predicted molar refractivity (Wildman–Crippen MR) is 106 cm³/mol. The Morgan fingerprint density at radius 1 is 1.21 bits per heavy atom. The first-order chi connectivity index (χ1) is 13.5. The van der Waals surface area contributed by atoms with Gasteiger partial charge in [-0.2, -0.15) is 0 Å². The molecule has 28 heavy (non-hydrogen) atoms. The molecule has 4 aromatic rings. The number of hydrogen-bond donors (Lipinski definition) is 1. The van der Waals surface area contributed by atoms with Crippen LogP contribution < -0.4 is 10.9 Å². The van der Waals surface area contributed by atoms with Crippen LogP contribution >= 0.6 is 11.3 Å². The van der Waals surface area contributed by atoms with Gasteiger partial charge in [-0.15, -0.1) is 11.3 Å². The average molecular weight is 394 g/mol. The summed E-state index contributed by atoms with van der Waals surface area (Å²) in [6.07, 6.45) is 3.01. The normalized spacial score (nSPS) is 10.9. The van der Waals surface area contributed by atoms with E-state index in [9.17, 15) is 14.0 Å². The van der Waals surface area contributed by atoms with Crippen molar-refractivity contribution in [3.05, 3.63) is 87.2 Å². The zero-order valence-corrected chi connectivity index (χ0v) is 15.7. The Labute approximate surface area is 163 Å². The van der Waals surface area contributed by atoms with Crippen molar-refractivity contribution in [1.29, 1.82) is 0 Å². The van der Waals surface area contributed by atoms with Crippen molar-refractivity contribution in [3.63, 3.8) is 0 Å². The molecular weight excluding hydrogens is 379 g/mol. The van der Waals surface area contributed by atoms with Gasteiger partial charge in [-0.1, -0.05) is 18.2 Å². The fourth-order valence-electron chi connectivity index (χ4n) is 2.93. The van der Waals surface area contributed by atoms with Crippen LogP contribution in [0.1, 0.15) is 20.8 Å². The summed E-state index contributed by atoms with van der Waals surface area (Å²) in [5.41, 5.74) is 0.962. The Hall–Kier alpha value is -3.39. The first-order valence-corrected chi connectivity index (χ1v) is 9.30. The molecule has 1 N–H and O–H groups in total. The fourth-order valence-corrected chi connectivity index (χ4v) is 3.96. The maximum absolute atomic E-state index is 13.4. The van der Waals surface area contributed by atoms with Gasteiger partial charge in [-0.3, -0.25) is 14.2 Å². The second kappa shape index (κ2) is 7.32. The van der Waals surface area contributed by atoms with E-state index in [-0.39, 0.29) is 23.8 Å². The van der Waals surface area contributed by atoms with E-state index in [0.717, 1.165) is 11.3 Å². The van der Waals surface area contributed by atoms with E-state index >= 15 is 0 Å². The second-order valence-electron chi connectivity index (χ2n) is 6.21. The lowest BCUT2D eigenvalue weighted by Gasteiger charge is -2.06. The van der Waals surface area contributed by atoms with E-state index in [1.54, 1.807) is 43.5 Å². The van der Waals surface area contributed by atoms with Crippen LogP contribution in [0.2, 0.25) is 0 Å². The van der Waals surface area contributed by atoms with Crippen LogP contribution in [0.25, 0.3) is 10.2 Å². The van der Waals surface area contributed by atoms with Crippen LogP contribution in [0.15, 0.2) is 59.8 Å². The van der Waals surface area contributed by atoms with Gasteiger partial charge in [-0.05, 0) is 42.3 Å². The van der Waals surface area contributed by atoms with Crippen molar-refractivity contribution in [2.24, 2.45) is 0 Å². The highest BCUT2D eigenvalue weighted by Gasteiger charge is 2.20. The molecule has 140 valence electrons. The van der Waals surface area contributed by atoms with E-state index < -0.39 is 0 Å². The van der Waals surface area contributed by atoms with Gasteiger partial charge in [0.05, 0.1) is 23.1 Å². The van der Waals surface area contributed by atoms with Gasteiger partial charge in [0.25, 0.3) is 11.5 Å². The lowest BCUT2D eigenvalue weighted by atomic mass is 10.2. The van der Waals surface area contributed by atoms with Crippen molar-refractivity contribution < 1.29 is 9.18 Å². The Balaban J connectivity index is 1.70. The second-order valence-corrected chi connectivity index (χ2v) is 7.21. The minimum atomic E-state index is -0.361. The minimum Gasteiger partial charge on any atom is -0.306 e. The number of aryl methyl sites for hydroxylation is 1. The molecule has 6 nitrogen and oxygen atoms in total. The van der Waals surface area contributed by atoms with Gasteiger partial charge in [0.15, 0.2) is 0 Å². The number of halogens is 1. The minimum absolute atomic E-state index is 0.199. The number of rotatable bonds is 4. The third-order valence-corrected chi connectivity index (χ3v) is 5.47. The molecule has 0 spiro atoms. The van der Waals surface area contributed by atoms with E-state index in [4.69, 9.17) is 0 Å². The number of anilines is 1. The Kier molecular flexibility index (Phi) is 4.70. The number of amides is 1. The van der Waals surface area contributed by atoms with Crippen molar-refractivity contribution >= 4 is 33.3 Å². The highest BCUT2D eigenvalue weighted by Crippen LogP contribution is 2.27. The first-order valence-electron chi connectivity index (χ1n) is 8.48. The van der Waals surface area contributed by atoms with Crippen LogP contribution in [-0.4, -0.2) is 20.4 Å². The van der Waals surface area contributed by atoms with Crippen LogP contribution in [0, 0.1) is 12.7 Å². The van der Waals surface area contributed by atoms with Crippen molar-refractivity contribution in [2.75, 3.05) is 5.32 Å². The molecule has 4 rings (SSSR count). The third kappa shape index (κ3) is 3.41. The molecule has 0 aliphatic carbocycles. The molecule has 3 aromatic heterocycles. The smallest absolute Gasteiger partial charge is 0.267 e. The standard InChI is InChI=1S/C20H15FN4O2S/c1-12-16-19(28-17(12)18(26)24-15-7-2-3-8-22-15)23-11-25(20(16)27)10-13-5-4-6-14(21)9-13/h2-9,11H,10H2,1H3,(H,22,24,26). The van der Waals surface area contributed by atoms with Gasteiger partial charge in [-0.25, -0.2) is 14.4 Å². The maximum Gasteiger partial charge on any atom is 0.267 e. The summed E-state index contributed by atoms with van der Waals surface area (Å²) in [5, 5.41) is 3.12. The summed E-state index contributed by atoms with van der Waals surface area (Å²) in [4.78, 5) is 34.8. The largest absolute Gasteiger partial charge is 0.306 e. The maximum atomic E-state index is 13.4. The zero-order chi connectivity index (χ0) is 19.7. The predicted octanol–water partition coefficient (Wildman–Crippen LogP) is 3.60. The molecule has 0 saturated carbocycles. The molecule has 0 aliphatic heterocycles. The molecule has 0 radical (unpaired) electrons. The molecule has 1 amide bonds. The lowest BCUT2D eigenvalue weighted by molar-refractivity contribution is 0.102. The van der Waals surface area contributed by atoms with Crippen LogP contribution in [0.5, 0.6) is 0 Å². The summed E-state index contributed by atoms with van der Waals surface area (Å²) in [7, 11) is 0. The summed E-state index contributed by atoms with van der Waals surface area (Å²) in [6, 6.07) is 11.3. The van der Waals surface area contributed by atoms with Crippen molar-refractivity contribution in [3.8, 4) is 0 Å². The highest BCUT2D eigenvalue weighted by atomic mass is 32.1. The number of aromatic nitrogens is 3. The van der Waals surface area contributed by atoms with E-state index in [2.05, 4.69) is 15.3 Å². The summed E-state index contributed by atoms with van der Waals surface area (Å²) < 4.78 is 14.8. The van der Waals surface area contributed by atoms with Gasteiger partial charge in [0.1, 0.15) is 16.5 Å². The number of nitrogens with one attached hydrogen (secondary N) is 1. The average Bonchev–Trinajstić information content (AvgIpc) is 3.02. The first kappa shape index (κ1) is 18.0. The number of pyridine rings is 1. The summed E-state index contributed by atoms with van der Waals surface area (Å²) in [6.45, 7) is 1.92. The molecule has 0 aliphatic rings. The molecule has 0 atom stereocenters. The fraction of sp³-hybridized carbons (Fsp3) is 0.100. The quantitative estimate of drug-likeness (QED) is 0.574. The molecule has 0 bridgehead atoms. The van der Waals surface area contributed by atoms with Crippen molar-refractivity contribution in [1.82, 2.24) is 14.5 Å². The van der Waals surface area contributed by atoms with Gasteiger partial charge in [0, 0.05) is 6.20 Å². The molecule has 8 heteroatoms. The summed E-state index contributed by atoms with van der Waals surface area (Å²) >= 11 is 1.16. The van der Waals surface area contributed by atoms with E-state index in [1.807, 2.05) is 0 Å². The molecular formula is C20H15FN4O2S. The van der Waals surface area contributed by atoms with Crippen LogP contribution in [0.3, 0.4) is 0 Å². The van der Waals surface area contributed by atoms with E-state index in [0.29, 0.717) is 32.0 Å². The van der Waals surface area contributed by atoms with Crippen LogP contribution in [0.4, 0.5) is 10.2 Å². The molecule has 1 aromatic carbocycles. The Morgan fingerprint density at radius 3 is 2.82 bits per heavy atom. The highest BCUT2D eigenvalue weighted by molar-refractivity contribution is 7.20. The Morgan fingerprint density at radius 2 is 2.07 bits per heavy atom. The number of fused-ring (bicyclic) bond motifs is 1. The monoisotopic (exact) mass is 394 g/mol. The number of carbonyl (C=O) groups is 1. The topological polar surface area (TPSA) is 76.9 Å². The van der Waals surface area contributed by atoms with Gasteiger partial charge in [0.2, 0.25) is 0 Å². The number of nitrogens with zero attached hydrogens (tertiary/aromatic N) is 3. The SMILES string of the molecule is Cc1c(C(=O)Nc2ccccn2)sc2ncn(Cc3cccc(F)c3)c(=O)c12. The van der Waals surface area contributed by atoms with Gasteiger partial charge < -0.3 is 5.32 Å². The number of benzene rings is 1. The van der Waals surface area contributed by atoms with Crippen LogP contribution in [-0.2, 0) is 6.54 Å². The lowest BCUT2D eigenvalue weighted by Crippen LogP contribution is -2.21. The number of thiophene rings is 1. The zero-order valence-electron chi connectivity index (χ0n) is 14.8. The molecule has 0 unspecified atom stereocenters. The summed E-state index contributed by atoms with van der Waals surface area (Å²) in [5.74, 6) is -0.268. The van der Waals surface area contributed by atoms with Crippen molar-refractivity contribution in [2.45, 2.75) is 13.5 Å². The molecule has 0 fully saturated rings. The van der Waals surface area contributed by atoms with Gasteiger partial charge >= 0.3 is 0 Å². The molecule has 0 saturated heterocycles. The third-order valence-electron chi connectivity index (χ3n) is 4.27. The molecule has 3 heterocycles.